The average Bonchev–Trinajstić information content (AvgIpc) is 2.88. The maximum absolute atomic E-state index is 12.9. The molecule has 1 aliphatic heterocycles. The Kier molecular flexibility index (Phi) is 3.76. The van der Waals surface area contributed by atoms with Crippen LogP contribution in [-0.2, 0) is 12.8 Å². The van der Waals surface area contributed by atoms with Gasteiger partial charge in [0.1, 0.15) is 11.6 Å². The lowest BCUT2D eigenvalue weighted by molar-refractivity contribution is 0.351. The average molecular weight is 336 g/mol. The molecule has 1 unspecified atom stereocenters. The van der Waals surface area contributed by atoms with E-state index in [-0.39, 0.29) is 11.9 Å². The topological polar surface area (TPSA) is 35.2 Å². The zero-order valence-corrected chi connectivity index (χ0v) is 12.5. The highest BCUT2D eigenvalue weighted by molar-refractivity contribution is 9.10. The fourth-order valence-electron chi connectivity index (χ4n) is 2.56. The molecule has 2 nitrogen and oxygen atoms in total. The molecule has 104 valence electrons. The second kappa shape index (κ2) is 5.54. The predicted molar refractivity (Wildman–Crippen MR) is 80.4 cm³/mol. The molecule has 1 aliphatic rings. The first-order valence-electron chi connectivity index (χ1n) is 6.58. The van der Waals surface area contributed by atoms with Gasteiger partial charge in [0.25, 0.3) is 0 Å². The first-order valence-corrected chi connectivity index (χ1v) is 7.38. The first kappa shape index (κ1) is 13.6. The van der Waals surface area contributed by atoms with Crippen LogP contribution in [0.3, 0.4) is 0 Å². The molecule has 3 rings (SSSR count). The first-order chi connectivity index (χ1) is 9.63. The molecule has 0 bridgehead atoms. The molecular weight excluding hydrogens is 321 g/mol. The Morgan fingerprint density at radius 3 is 2.75 bits per heavy atom. The number of rotatable bonds is 3. The van der Waals surface area contributed by atoms with E-state index in [1.54, 1.807) is 12.1 Å². The Labute approximate surface area is 125 Å². The van der Waals surface area contributed by atoms with E-state index in [9.17, 15) is 4.39 Å². The van der Waals surface area contributed by atoms with Crippen LogP contribution in [0.1, 0.15) is 22.7 Å². The molecule has 2 aromatic rings. The molecule has 0 spiro atoms. The van der Waals surface area contributed by atoms with E-state index in [1.807, 2.05) is 6.07 Å². The molecule has 0 saturated heterocycles. The van der Waals surface area contributed by atoms with Crippen molar-refractivity contribution < 1.29 is 9.13 Å². The SMILES string of the molecule is NC(Cc1ccc(F)cc1)c1cc(Br)cc2c1OCC2. The van der Waals surface area contributed by atoms with Crippen LogP contribution < -0.4 is 10.5 Å². The molecule has 0 aliphatic carbocycles. The number of hydrogen-bond donors (Lipinski definition) is 1. The second-order valence-electron chi connectivity index (χ2n) is 5.02. The highest BCUT2D eigenvalue weighted by Crippen LogP contribution is 2.36. The van der Waals surface area contributed by atoms with Gasteiger partial charge in [0.15, 0.2) is 0 Å². The van der Waals surface area contributed by atoms with E-state index < -0.39 is 0 Å². The van der Waals surface area contributed by atoms with Crippen molar-refractivity contribution in [3.8, 4) is 5.75 Å². The van der Waals surface area contributed by atoms with Crippen LogP contribution in [0.15, 0.2) is 40.9 Å². The van der Waals surface area contributed by atoms with E-state index in [4.69, 9.17) is 10.5 Å². The van der Waals surface area contributed by atoms with Crippen LogP contribution >= 0.6 is 15.9 Å². The lowest BCUT2D eigenvalue weighted by Gasteiger charge is -2.16. The van der Waals surface area contributed by atoms with Crippen molar-refractivity contribution in [2.75, 3.05) is 6.61 Å². The van der Waals surface area contributed by atoms with Crippen molar-refractivity contribution in [2.24, 2.45) is 5.73 Å². The van der Waals surface area contributed by atoms with E-state index in [1.165, 1.54) is 17.7 Å². The number of ether oxygens (including phenoxy) is 1. The number of fused-ring (bicyclic) bond motifs is 1. The largest absolute Gasteiger partial charge is 0.493 e. The van der Waals surface area contributed by atoms with Crippen molar-refractivity contribution in [2.45, 2.75) is 18.9 Å². The van der Waals surface area contributed by atoms with Gasteiger partial charge in [0.2, 0.25) is 0 Å². The van der Waals surface area contributed by atoms with Gasteiger partial charge in [-0.1, -0.05) is 28.1 Å². The highest BCUT2D eigenvalue weighted by Gasteiger charge is 2.21. The summed E-state index contributed by atoms with van der Waals surface area (Å²) in [6.45, 7) is 0.710. The fraction of sp³-hybridized carbons (Fsp3) is 0.250. The third-order valence-corrected chi connectivity index (χ3v) is 4.00. The summed E-state index contributed by atoms with van der Waals surface area (Å²) < 4.78 is 19.6. The maximum atomic E-state index is 12.9. The van der Waals surface area contributed by atoms with Gasteiger partial charge in [-0.05, 0) is 41.8 Å². The summed E-state index contributed by atoms with van der Waals surface area (Å²) in [4.78, 5) is 0. The molecule has 2 N–H and O–H groups in total. The van der Waals surface area contributed by atoms with Crippen LogP contribution in [0.25, 0.3) is 0 Å². The van der Waals surface area contributed by atoms with Crippen LogP contribution in [0.4, 0.5) is 4.39 Å². The molecule has 2 aromatic carbocycles. The third-order valence-electron chi connectivity index (χ3n) is 3.55. The Hall–Kier alpha value is -1.39. The van der Waals surface area contributed by atoms with Crippen LogP contribution in [0, 0.1) is 5.82 Å². The Balaban J connectivity index is 1.87. The van der Waals surface area contributed by atoms with Gasteiger partial charge >= 0.3 is 0 Å². The van der Waals surface area contributed by atoms with Crippen molar-refractivity contribution in [3.63, 3.8) is 0 Å². The number of benzene rings is 2. The summed E-state index contributed by atoms with van der Waals surface area (Å²) in [5.41, 5.74) is 9.54. The van der Waals surface area contributed by atoms with Crippen molar-refractivity contribution >= 4 is 15.9 Å². The summed E-state index contributed by atoms with van der Waals surface area (Å²) in [5, 5.41) is 0. The van der Waals surface area contributed by atoms with Gasteiger partial charge in [-0.3, -0.25) is 0 Å². The number of halogens is 2. The Bertz CT molecular complexity index is 627. The van der Waals surface area contributed by atoms with E-state index in [0.717, 1.165) is 27.8 Å². The minimum absolute atomic E-state index is 0.162. The third kappa shape index (κ3) is 2.72. The molecule has 0 fully saturated rings. The molecule has 0 amide bonds. The lowest BCUT2D eigenvalue weighted by Crippen LogP contribution is -2.14. The van der Waals surface area contributed by atoms with Crippen LogP contribution in [0.2, 0.25) is 0 Å². The standard InChI is InChI=1S/C16H15BrFNO/c17-12-8-11-5-6-20-16(11)14(9-12)15(19)7-10-1-3-13(18)4-2-10/h1-4,8-9,15H,5-7,19H2. The minimum Gasteiger partial charge on any atom is -0.493 e. The Morgan fingerprint density at radius 2 is 2.00 bits per heavy atom. The van der Waals surface area contributed by atoms with Gasteiger partial charge < -0.3 is 10.5 Å². The van der Waals surface area contributed by atoms with Gasteiger partial charge in [-0.2, -0.15) is 0 Å². The van der Waals surface area contributed by atoms with Gasteiger partial charge in [-0.25, -0.2) is 4.39 Å². The monoisotopic (exact) mass is 335 g/mol. The van der Waals surface area contributed by atoms with Gasteiger partial charge in [-0.15, -0.1) is 0 Å². The van der Waals surface area contributed by atoms with Crippen molar-refractivity contribution in [3.05, 3.63) is 63.4 Å². The molecule has 0 radical (unpaired) electrons. The quantitative estimate of drug-likeness (QED) is 0.926. The van der Waals surface area contributed by atoms with Gasteiger partial charge in [0.05, 0.1) is 6.61 Å². The van der Waals surface area contributed by atoms with Crippen molar-refractivity contribution in [1.82, 2.24) is 0 Å². The summed E-state index contributed by atoms with van der Waals surface area (Å²) >= 11 is 3.52. The molecule has 1 atom stereocenters. The zero-order chi connectivity index (χ0) is 14.1. The lowest BCUT2D eigenvalue weighted by atomic mass is 9.97. The van der Waals surface area contributed by atoms with E-state index in [0.29, 0.717) is 13.0 Å². The summed E-state index contributed by atoms with van der Waals surface area (Å²) in [6, 6.07) is 10.4. The molecule has 0 saturated carbocycles. The second-order valence-corrected chi connectivity index (χ2v) is 5.93. The van der Waals surface area contributed by atoms with Gasteiger partial charge in [0, 0.05) is 22.5 Å². The summed E-state index contributed by atoms with van der Waals surface area (Å²) in [5.74, 6) is 0.691. The van der Waals surface area contributed by atoms with E-state index >= 15 is 0 Å². The number of nitrogens with two attached hydrogens (primary N) is 1. The fourth-order valence-corrected chi connectivity index (χ4v) is 3.08. The summed E-state index contributed by atoms with van der Waals surface area (Å²) in [7, 11) is 0. The predicted octanol–water partition coefficient (Wildman–Crippen LogP) is 3.77. The Morgan fingerprint density at radius 1 is 1.25 bits per heavy atom. The highest BCUT2D eigenvalue weighted by atomic mass is 79.9. The molecule has 1 heterocycles. The molecule has 20 heavy (non-hydrogen) atoms. The maximum Gasteiger partial charge on any atom is 0.127 e. The zero-order valence-electron chi connectivity index (χ0n) is 10.9. The van der Waals surface area contributed by atoms with Crippen molar-refractivity contribution in [1.29, 1.82) is 0 Å². The van der Waals surface area contributed by atoms with Crippen LogP contribution in [0.5, 0.6) is 5.75 Å². The smallest absolute Gasteiger partial charge is 0.127 e. The normalized spacial score (nSPS) is 14.8. The minimum atomic E-state index is -0.228. The summed E-state index contributed by atoms with van der Waals surface area (Å²) in [6.07, 6.45) is 1.58. The molecular formula is C16H15BrFNO. The van der Waals surface area contributed by atoms with E-state index in [2.05, 4.69) is 22.0 Å². The number of hydrogen-bond acceptors (Lipinski definition) is 2. The molecule has 4 heteroatoms. The molecule has 0 aromatic heterocycles. The van der Waals surface area contributed by atoms with Crippen LogP contribution in [-0.4, -0.2) is 6.61 Å².